The van der Waals surface area contributed by atoms with Crippen LogP contribution in [-0.2, 0) is 4.74 Å². The van der Waals surface area contributed by atoms with Crippen LogP contribution in [0.4, 0.5) is 5.82 Å². The molecule has 8 heteroatoms. The van der Waals surface area contributed by atoms with E-state index < -0.39 is 0 Å². The SMILES string of the molecule is Cc1c(-c2[nH]c3ccc(N4CCC(NC5CCOCC5)CC4)nc3c2C(C)C)cn2ncnc2c1C. The molecule has 4 aromatic heterocycles. The molecule has 6 rings (SSSR count). The van der Waals surface area contributed by atoms with Crippen LogP contribution in [0.25, 0.3) is 27.9 Å². The molecule has 6 heterocycles. The van der Waals surface area contributed by atoms with Gasteiger partial charge in [-0.2, -0.15) is 5.10 Å². The molecular weight excluding hydrogens is 450 g/mol. The van der Waals surface area contributed by atoms with E-state index >= 15 is 0 Å². The third-order valence-corrected chi connectivity index (χ3v) is 8.15. The van der Waals surface area contributed by atoms with Crippen molar-refractivity contribution in [3.8, 4) is 11.3 Å². The molecule has 0 aromatic carbocycles. The predicted molar refractivity (Wildman–Crippen MR) is 144 cm³/mol. The van der Waals surface area contributed by atoms with Crippen molar-refractivity contribution in [1.29, 1.82) is 0 Å². The summed E-state index contributed by atoms with van der Waals surface area (Å²) in [5, 5.41) is 8.29. The summed E-state index contributed by atoms with van der Waals surface area (Å²) < 4.78 is 7.40. The summed E-state index contributed by atoms with van der Waals surface area (Å²) in [6, 6.07) is 5.59. The van der Waals surface area contributed by atoms with Gasteiger partial charge in [0, 0.05) is 55.7 Å². The number of hydrogen-bond donors (Lipinski definition) is 2. The van der Waals surface area contributed by atoms with E-state index in [0.29, 0.717) is 18.0 Å². The van der Waals surface area contributed by atoms with Gasteiger partial charge in [-0.25, -0.2) is 14.5 Å². The molecule has 2 saturated heterocycles. The van der Waals surface area contributed by atoms with Gasteiger partial charge >= 0.3 is 0 Å². The molecule has 0 amide bonds. The van der Waals surface area contributed by atoms with Gasteiger partial charge in [-0.15, -0.1) is 0 Å². The van der Waals surface area contributed by atoms with Crippen molar-refractivity contribution in [1.82, 2.24) is 29.9 Å². The molecule has 0 saturated carbocycles. The van der Waals surface area contributed by atoms with Gasteiger partial charge in [0.15, 0.2) is 5.65 Å². The molecule has 4 aromatic rings. The molecule has 2 aliphatic rings. The highest BCUT2D eigenvalue weighted by Crippen LogP contribution is 2.38. The molecule has 36 heavy (non-hydrogen) atoms. The Morgan fingerprint density at radius 3 is 2.53 bits per heavy atom. The summed E-state index contributed by atoms with van der Waals surface area (Å²) in [6.45, 7) is 12.7. The number of nitrogens with zero attached hydrogens (tertiary/aromatic N) is 5. The van der Waals surface area contributed by atoms with E-state index in [1.807, 2.05) is 4.52 Å². The highest BCUT2D eigenvalue weighted by molar-refractivity contribution is 5.90. The quantitative estimate of drug-likeness (QED) is 0.423. The summed E-state index contributed by atoms with van der Waals surface area (Å²) in [5.41, 5.74) is 9.03. The van der Waals surface area contributed by atoms with Crippen molar-refractivity contribution in [2.24, 2.45) is 0 Å². The Morgan fingerprint density at radius 2 is 1.78 bits per heavy atom. The van der Waals surface area contributed by atoms with E-state index in [0.717, 1.165) is 91.3 Å². The van der Waals surface area contributed by atoms with Crippen molar-refractivity contribution in [2.75, 3.05) is 31.2 Å². The van der Waals surface area contributed by atoms with Crippen LogP contribution in [0.5, 0.6) is 0 Å². The number of piperidine rings is 1. The van der Waals surface area contributed by atoms with E-state index in [1.54, 1.807) is 6.33 Å². The Kier molecular flexibility index (Phi) is 6.17. The van der Waals surface area contributed by atoms with Gasteiger partial charge in [-0.3, -0.25) is 0 Å². The van der Waals surface area contributed by atoms with Crippen LogP contribution in [-0.4, -0.2) is 63.0 Å². The largest absolute Gasteiger partial charge is 0.381 e. The van der Waals surface area contributed by atoms with Gasteiger partial charge in [-0.05, 0) is 68.7 Å². The van der Waals surface area contributed by atoms with Crippen molar-refractivity contribution in [2.45, 2.75) is 71.4 Å². The maximum Gasteiger partial charge on any atom is 0.158 e. The first-order valence-corrected chi connectivity index (χ1v) is 13.4. The van der Waals surface area contributed by atoms with E-state index in [4.69, 9.17) is 9.72 Å². The van der Waals surface area contributed by atoms with E-state index in [9.17, 15) is 0 Å². The van der Waals surface area contributed by atoms with Gasteiger partial charge in [-0.1, -0.05) is 13.8 Å². The highest BCUT2D eigenvalue weighted by Gasteiger charge is 2.25. The van der Waals surface area contributed by atoms with Gasteiger partial charge in [0.2, 0.25) is 0 Å². The Bertz CT molecular complexity index is 1370. The smallest absolute Gasteiger partial charge is 0.158 e. The first kappa shape index (κ1) is 23.4. The van der Waals surface area contributed by atoms with E-state index in [2.05, 4.69) is 71.3 Å². The third kappa shape index (κ3) is 4.16. The molecule has 0 aliphatic carbocycles. The first-order chi connectivity index (χ1) is 17.5. The number of pyridine rings is 2. The lowest BCUT2D eigenvalue weighted by atomic mass is 9.95. The topological polar surface area (TPSA) is 83.4 Å². The minimum absolute atomic E-state index is 0.331. The van der Waals surface area contributed by atoms with Gasteiger partial charge in [0.25, 0.3) is 0 Å². The average Bonchev–Trinajstić information content (AvgIpc) is 3.51. The van der Waals surface area contributed by atoms with E-state index in [1.165, 1.54) is 11.1 Å². The lowest BCUT2D eigenvalue weighted by Gasteiger charge is -2.36. The van der Waals surface area contributed by atoms with Crippen LogP contribution >= 0.6 is 0 Å². The van der Waals surface area contributed by atoms with Gasteiger partial charge < -0.3 is 19.9 Å². The maximum absolute atomic E-state index is 5.52. The Balaban J connectivity index is 1.29. The number of hydrogen-bond acceptors (Lipinski definition) is 6. The minimum Gasteiger partial charge on any atom is -0.381 e. The van der Waals surface area contributed by atoms with Crippen LogP contribution in [0.2, 0.25) is 0 Å². The molecule has 0 spiro atoms. The number of anilines is 1. The second-order valence-corrected chi connectivity index (χ2v) is 10.8. The van der Waals surface area contributed by atoms with Crippen LogP contribution < -0.4 is 10.2 Å². The Hall–Kier alpha value is -2.97. The summed E-state index contributed by atoms with van der Waals surface area (Å²) >= 11 is 0. The highest BCUT2D eigenvalue weighted by atomic mass is 16.5. The Morgan fingerprint density at radius 1 is 1.03 bits per heavy atom. The number of aromatic amines is 1. The monoisotopic (exact) mass is 487 g/mol. The molecule has 2 fully saturated rings. The first-order valence-electron chi connectivity index (χ1n) is 13.4. The third-order valence-electron chi connectivity index (χ3n) is 8.15. The molecular formula is C28H37N7O. The predicted octanol–water partition coefficient (Wildman–Crippen LogP) is 4.75. The lowest BCUT2D eigenvalue weighted by Crippen LogP contribution is -2.47. The van der Waals surface area contributed by atoms with Crippen LogP contribution in [0.15, 0.2) is 24.7 Å². The number of rotatable bonds is 5. The molecule has 0 unspecified atom stereocenters. The summed E-state index contributed by atoms with van der Waals surface area (Å²) in [7, 11) is 0. The van der Waals surface area contributed by atoms with Gasteiger partial charge in [0.1, 0.15) is 12.1 Å². The molecule has 2 aliphatic heterocycles. The standard InChI is InChI=1S/C28H37N7O/c1-17(2)25-26(22-15-35-28(29-16-30-35)19(4)18(22)3)32-23-5-6-24(33-27(23)25)34-11-7-20(8-12-34)31-21-9-13-36-14-10-21/h5-6,15-17,20-21,31-32H,7-14H2,1-4H3. The number of aryl methyl sites for hydroxylation is 1. The Labute approximate surface area is 212 Å². The normalized spacial score (nSPS) is 18.2. The zero-order valence-corrected chi connectivity index (χ0v) is 21.8. The molecule has 8 nitrogen and oxygen atoms in total. The second-order valence-electron chi connectivity index (χ2n) is 10.8. The van der Waals surface area contributed by atoms with Crippen molar-refractivity contribution in [3.05, 3.63) is 41.3 Å². The lowest BCUT2D eigenvalue weighted by molar-refractivity contribution is 0.0738. The van der Waals surface area contributed by atoms with Crippen molar-refractivity contribution < 1.29 is 4.74 Å². The number of fused-ring (bicyclic) bond motifs is 2. The second kappa shape index (κ2) is 9.48. The minimum atomic E-state index is 0.331. The number of nitrogens with one attached hydrogen (secondary N) is 2. The summed E-state index contributed by atoms with van der Waals surface area (Å²) in [5.74, 6) is 1.41. The summed E-state index contributed by atoms with van der Waals surface area (Å²) in [4.78, 5) is 15.8. The van der Waals surface area contributed by atoms with Crippen molar-refractivity contribution in [3.63, 3.8) is 0 Å². The number of aromatic nitrogens is 5. The fourth-order valence-corrected chi connectivity index (χ4v) is 5.95. The van der Waals surface area contributed by atoms with Crippen LogP contribution in [0, 0.1) is 13.8 Å². The fraction of sp³-hybridized carbons (Fsp3) is 0.536. The van der Waals surface area contributed by atoms with Gasteiger partial charge in [0.05, 0.1) is 16.7 Å². The van der Waals surface area contributed by atoms with Crippen molar-refractivity contribution >= 4 is 22.5 Å². The van der Waals surface area contributed by atoms with E-state index in [-0.39, 0.29) is 0 Å². The van der Waals surface area contributed by atoms with Crippen LogP contribution in [0.3, 0.4) is 0 Å². The number of H-pyrrole nitrogens is 1. The molecule has 0 radical (unpaired) electrons. The molecule has 0 bridgehead atoms. The molecule has 190 valence electrons. The zero-order chi connectivity index (χ0) is 24.8. The zero-order valence-electron chi connectivity index (χ0n) is 21.8. The van der Waals surface area contributed by atoms with Crippen LogP contribution in [0.1, 0.15) is 62.1 Å². The number of ether oxygens (including phenoxy) is 1. The maximum atomic E-state index is 5.52. The molecule has 0 atom stereocenters. The fourth-order valence-electron chi connectivity index (χ4n) is 5.95. The average molecular weight is 488 g/mol. The molecule has 2 N–H and O–H groups in total. The summed E-state index contributed by atoms with van der Waals surface area (Å²) in [6.07, 6.45) is 8.30.